The Hall–Kier alpha value is -2.06. The highest BCUT2D eigenvalue weighted by Crippen LogP contribution is 2.33. The van der Waals surface area contributed by atoms with Crippen molar-refractivity contribution >= 4 is 17.5 Å². The molecule has 142 valence electrons. The first-order valence-corrected chi connectivity index (χ1v) is 8.58. The Morgan fingerprint density at radius 2 is 1.65 bits per heavy atom. The van der Waals surface area contributed by atoms with Gasteiger partial charge >= 0.3 is 0 Å². The van der Waals surface area contributed by atoms with E-state index in [1.807, 2.05) is 0 Å². The third kappa shape index (κ3) is 3.43. The van der Waals surface area contributed by atoms with Gasteiger partial charge in [0.05, 0.1) is 13.2 Å². The first kappa shape index (κ1) is 18.7. The second-order valence-electron chi connectivity index (χ2n) is 7.08. The van der Waals surface area contributed by atoms with Crippen LogP contribution < -0.4 is 5.32 Å². The number of rotatable bonds is 3. The van der Waals surface area contributed by atoms with Crippen LogP contribution in [0.3, 0.4) is 0 Å². The molecule has 1 spiro atoms. The largest absolute Gasteiger partial charge is 0.347 e. The molecule has 2 aliphatic heterocycles. The molecule has 0 aromatic heterocycles. The lowest BCUT2D eigenvalue weighted by molar-refractivity contribution is -0.189. The number of ether oxygens (including phenoxy) is 2. The molecule has 8 heteroatoms. The second kappa shape index (κ2) is 6.92. The Morgan fingerprint density at radius 1 is 1.12 bits per heavy atom. The topological polar surface area (TPSA) is 67.9 Å². The highest BCUT2D eigenvalue weighted by molar-refractivity contribution is 6.09. The Balaban J connectivity index is 1.67. The van der Waals surface area contributed by atoms with Crippen molar-refractivity contribution < 1.29 is 27.8 Å². The summed E-state index contributed by atoms with van der Waals surface area (Å²) in [5, 5.41) is 2.20. The number of likely N-dealkylation sites (tertiary alicyclic amines) is 1. The lowest BCUT2D eigenvalue weighted by Gasteiger charge is -2.40. The highest BCUT2D eigenvalue weighted by atomic mass is 19.1. The Morgan fingerprint density at radius 3 is 2.19 bits per heavy atom. The average Bonchev–Trinajstić information content (AvgIpc) is 3.06. The fourth-order valence-electron chi connectivity index (χ4n) is 3.22. The highest BCUT2D eigenvalue weighted by Gasteiger charge is 2.45. The van der Waals surface area contributed by atoms with Crippen molar-refractivity contribution in [2.75, 3.05) is 31.6 Å². The summed E-state index contributed by atoms with van der Waals surface area (Å²) in [7, 11) is 0. The van der Waals surface area contributed by atoms with Crippen molar-refractivity contribution in [1.29, 1.82) is 0 Å². The number of piperidine rings is 1. The molecular weight excluding hydrogens is 346 g/mol. The number of carbonyl (C=O) groups is 2. The summed E-state index contributed by atoms with van der Waals surface area (Å²) >= 11 is 0. The first-order chi connectivity index (χ1) is 12.3. The maximum absolute atomic E-state index is 13.7. The van der Waals surface area contributed by atoms with E-state index in [0.717, 1.165) is 12.1 Å². The number of nitrogens with one attached hydrogen (secondary N) is 1. The third-order valence-electron chi connectivity index (χ3n) is 4.93. The minimum Gasteiger partial charge on any atom is -0.347 e. The summed E-state index contributed by atoms with van der Waals surface area (Å²) in [4.78, 5) is 26.9. The Labute approximate surface area is 150 Å². The van der Waals surface area contributed by atoms with Crippen molar-refractivity contribution in [2.45, 2.75) is 32.5 Å². The minimum atomic E-state index is -1.48. The van der Waals surface area contributed by atoms with Crippen LogP contribution in [-0.2, 0) is 19.1 Å². The summed E-state index contributed by atoms with van der Waals surface area (Å²) in [6.45, 7) is 4.74. The summed E-state index contributed by atoms with van der Waals surface area (Å²) in [6.07, 6.45) is 1.05. The van der Waals surface area contributed by atoms with E-state index in [1.165, 1.54) is 19.9 Å². The van der Waals surface area contributed by atoms with Gasteiger partial charge in [-0.15, -0.1) is 0 Å². The van der Waals surface area contributed by atoms with Crippen molar-refractivity contribution in [3.05, 3.63) is 29.8 Å². The number of amides is 2. The molecule has 0 saturated carbocycles. The SMILES string of the molecule is CC(C)(C(=O)Nc1c(F)cccc1F)C(=O)N1CCC2(CC1)OCCO2. The van der Waals surface area contributed by atoms with Gasteiger partial charge in [0, 0.05) is 25.9 Å². The van der Waals surface area contributed by atoms with E-state index < -0.39 is 40.3 Å². The molecule has 0 unspecified atom stereocenters. The smallest absolute Gasteiger partial charge is 0.239 e. The molecule has 2 heterocycles. The van der Waals surface area contributed by atoms with E-state index in [2.05, 4.69) is 5.32 Å². The molecule has 0 atom stereocenters. The van der Waals surface area contributed by atoms with E-state index in [0.29, 0.717) is 39.1 Å². The zero-order chi connectivity index (χ0) is 18.9. The van der Waals surface area contributed by atoms with Crippen molar-refractivity contribution in [3.8, 4) is 0 Å². The van der Waals surface area contributed by atoms with Gasteiger partial charge in [-0.1, -0.05) is 6.07 Å². The minimum absolute atomic E-state index is 0.392. The van der Waals surface area contributed by atoms with Crippen LogP contribution in [0.25, 0.3) is 0 Å². The molecule has 26 heavy (non-hydrogen) atoms. The van der Waals surface area contributed by atoms with E-state index >= 15 is 0 Å². The average molecular weight is 368 g/mol. The number of nitrogens with zero attached hydrogens (tertiary/aromatic N) is 1. The molecular formula is C18H22F2N2O4. The predicted molar refractivity (Wildman–Crippen MR) is 89.2 cm³/mol. The van der Waals surface area contributed by atoms with Gasteiger partial charge in [0.25, 0.3) is 0 Å². The first-order valence-electron chi connectivity index (χ1n) is 8.58. The van der Waals surface area contributed by atoms with Crippen LogP contribution in [0.5, 0.6) is 0 Å². The molecule has 1 N–H and O–H groups in total. The van der Waals surface area contributed by atoms with Crippen LogP contribution in [0.1, 0.15) is 26.7 Å². The summed E-state index contributed by atoms with van der Waals surface area (Å²) < 4.78 is 38.7. The van der Waals surface area contributed by atoms with Gasteiger partial charge in [-0.3, -0.25) is 9.59 Å². The maximum Gasteiger partial charge on any atom is 0.239 e. The molecule has 0 bridgehead atoms. The van der Waals surface area contributed by atoms with Gasteiger partial charge in [0.1, 0.15) is 22.7 Å². The molecule has 0 radical (unpaired) electrons. The molecule has 2 aliphatic rings. The maximum atomic E-state index is 13.7. The lowest BCUT2D eigenvalue weighted by atomic mass is 9.88. The molecule has 2 amide bonds. The van der Waals surface area contributed by atoms with E-state index in [4.69, 9.17) is 9.47 Å². The van der Waals surface area contributed by atoms with Gasteiger partial charge in [0.15, 0.2) is 5.79 Å². The van der Waals surface area contributed by atoms with Crippen LogP contribution in [-0.4, -0.2) is 48.8 Å². The van der Waals surface area contributed by atoms with Gasteiger partial charge in [-0.25, -0.2) is 8.78 Å². The van der Waals surface area contributed by atoms with Crippen molar-refractivity contribution in [3.63, 3.8) is 0 Å². The molecule has 1 aromatic carbocycles. The number of benzene rings is 1. The van der Waals surface area contributed by atoms with Crippen LogP contribution in [0.4, 0.5) is 14.5 Å². The van der Waals surface area contributed by atoms with Crippen LogP contribution in [0.15, 0.2) is 18.2 Å². The lowest BCUT2D eigenvalue weighted by Crippen LogP contribution is -2.53. The number of para-hydroxylation sites is 1. The Kier molecular flexibility index (Phi) is 4.98. The number of halogens is 2. The zero-order valence-electron chi connectivity index (χ0n) is 14.8. The van der Waals surface area contributed by atoms with Crippen LogP contribution in [0.2, 0.25) is 0 Å². The molecule has 0 aliphatic carbocycles. The normalized spacial score (nSPS) is 19.6. The molecule has 2 fully saturated rings. The van der Waals surface area contributed by atoms with E-state index in [1.54, 1.807) is 4.90 Å². The van der Waals surface area contributed by atoms with Crippen LogP contribution >= 0.6 is 0 Å². The molecule has 1 aromatic rings. The summed E-state index contributed by atoms with van der Waals surface area (Å²) in [6, 6.07) is 3.28. The summed E-state index contributed by atoms with van der Waals surface area (Å²) in [5.41, 5.74) is -2.03. The second-order valence-corrected chi connectivity index (χ2v) is 7.08. The fraction of sp³-hybridized carbons (Fsp3) is 0.556. The summed E-state index contributed by atoms with van der Waals surface area (Å²) in [5.74, 6) is -3.58. The van der Waals surface area contributed by atoms with E-state index in [9.17, 15) is 18.4 Å². The van der Waals surface area contributed by atoms with Gasteiger partial charge < -0.3 is 19.7 Å². The molecule has 3 rings (SSSR count). The number of hydrogen-bond acceptors (Lipinski definition) is 4. The molecule has 6 nitrogen and oxygen atoms in total. The number of carbonyl (C=O) groups excluding carboxylic acids is 2. The van der Waals surface area contributed by atoms with Gasteiger partial charge in [-0.05, 0) is 26.0 Å². The van der Waals surface area contributed by atoms with Gasteiger partial charge in [-0.2, -0.15) is 0 Å². The van der Waals surface area contributed by atoms with Crippen molar-refractivity contribution in [1.82, 2.24) is 4.90 Å². The zero-order valence-corrected chi connectivity index (χ0v) is 14.8. The Bertz CT molecular complexity index is 687. The fourth-order valence-corrected chi connectivity index (χ4v) is 3.22. The van der Waals surface area contributed by atoms with E-state index in [-0.39, 0.29) is 0 Å². The monoisotopic (exact) mass is 368 g/mol. The third-order valence-corrected chi connectivity index (χ3v) is 4.93. The van der Waals surface area contributed by atoms with Gasteiger partial charge in [0.2, 0.25) is 11.8 Å². The number of anilines is 1. The molecule has 2 saturated heterocycles. The number of hydrogen-bond donors (Lipinski definition) is 1. The van der Waals surface area contributed by atoms with Crippen LogP contribution in [0, 0.1) is 17.0 Å². The predicted octanol–water partition coefficient (Wildman–Crippen LogP) is 2.29. The van der Waals surface area contributed by atoms with Crippen molar-refractivity contribution in [2.24, 2.45) is 5.41 Å². The quantitative estimate of drug-likeness (QED) is 0.832. The standard InChI is InChI=1S/C18H22F2N2O4/c1-17(2,15(23)21-14-12(19)4-3-5-13(14)20)16(24)22-8-6-18(7-9-22)25-10-11-26-18/h3-5H,6-11H2,1-2H3,(H,21,23).